The molecule has 3 heteroatoms. The van der Waals surface area contributed by atoms with Gasteiger partial charge in [-0.3, -0.25) is 5.84 Å². The van der Waals surface area contributed by atoms with Crippen molar-refractivity contribution in [3.05, 3.63) is 57.8 Å². The second kappa shape index (κ2) is 4.57. The number of benzene rings is 1. The first-order valence-corrected chi connectivity index (χ1v) is 5.70. The van der Waals surface area contributed by atoms with Gasteiger partial charge < -0.3 is 0 Å². The SMILES string of the molecule is Cc1ccc(C(NN)c2ccccc2)s1. The Morgan fingerprint density at radius 3 is 2.40 bits per heavy atom. The van der Waals surface area contributed by atoms with Gasteiger partial charge in [0.05, 0.1) is 6.04 Å². The molecule has 1 atom stereocenters. The molecule has 2 aromatic rings. The standard InChI is InChI=1S/C12H14N2S/c1-9-7-8-11(15-9)12(14-13)10-5-3-2-4-6-10/h2-8,12,14H,13H2,1H3. The molecule has 0 aliphatic carbocycles. The summed E-state index contributed by atoms with van der Waals surface area (Å²) in [5.74, 6) is 5.60. The average molecular weight is 218 g/mol. The Morgan fingerprint density at radius 2 is 1.87 bits per heavy atom. The summed E-state index contributed by atoms with van der Waals surface area (Å²) in [6.07, 6.45) is 0. The highest BCUT2D eigenvalue weighted by atomic mass is 32.1. The highest BCUT2D eigenvalue weighted by Gasteiger charge is 2.13. The predicted molar refractivity (Wildman–Crippen MR) is 64.7 cm³/mol. The lowest BCUT2D eigenvalue weighted by molar-refractivity contribution is 0.646. The Bertz CT molecular complexity index is 422. The van der Waals surface area contributed by atoms with Crippen LogP contribution in [0.3, 0.4) is 0 Å². The van der Waals surface area contributed by atoms with Gasteiger partial charge in [-0.15, -0.1) is 11.3 Å². The molecular formula is C12H14N2S. The Morgan fingerprint density at radius 1 is 1.13 bits per heavy atom. The Hall–Kier alpha value is -1.16. The van der Waals surface area contributed by atoms with Crippen LogP contribution >= 0.6 is 11.3 Å². The highest BCUT2D eigenvalue weighted by molar-refractivity contribution is 7.12. The third-order valence-corrected chi connectivity index (χ3v) is 3.41. The fourth-order valence-corrected chi connectivity index (χ4v) is 2.56. The smallest absolute Gasteiger partial charge is 0.0802 e. The lowest BCUT2D eigenvalue weighted by Crippen LogP contribution is -2.28. The normalized spacial score (nSPS) is 12.7. The predicted octanol–water partition coefficient (Wildman–Crippen LogP) is 2.61. The van der Waals surface area contributed by atoms with Crippen LogP contribution in [0.15, 0.2) is 42.5 Å². The van der Waals surface area contributed by atoms with Crippen molar-refractivity contribution >= 4 is 11.3 Å². The first-order valence-electron chi connectivity index (χ1n) is 4.88. The second-order valence-corrected chi connectivity index (χ2v) is 4.78. The number of nitrogens with two attached hydrogens (primary N) is 1. The Labute approximate surface area is 93.7 Å². The minimum absolute atomic E-state index is 0.102. The number of aryl methyl sites for hydroxylation is 1. The number of hydrogen-bond acceptors (Lipinski definition) is 3. The fraction of sp³-hybridized carbons (Fsp3) is 0.167. The van der Waals surface area contributed by atoms with Crippen molar-refractivity contribution in [2.75, 3.05) is 0 Å². The van der Waals surface area contributed by atoms with Gasteiger partial charge in [0, 0.05) is 9.75 Å². The van der Waals surface area contributed by atoms with E-state index >= 15 is 0 Å². The summed E-state index contributed by atoms with van der Waals surface area (Å²) in [5, 5.41) is 0. The van der Waals surface area contributed by atoms with Crippen LogP contribution in [-0.2, 0) is 0 Å². The summed E-state index contributed by atoms with van der Waals surface area (Å²) < 4.78 is 0. The number of thiophene rings is 1. The zero-order valence-corrected chi connectivity index (χ0v) is 9.42. The van der Waals surface area contributed by atoms with Crippen molar-refractivity contribution in [2.24, 2.45) is 5.84 Å². The molecule has 1 aromatic carbocycles. The van der Waals surface area contributed by atoms with Crippen molar-refractivity contribution in [2.45, 2.75) is 13.0 Å². The molecule has 0 bridgehead atoms. The van der Waals surface area contributed by atoms with E-state index in [1.54, 1.807) is 11.3 Å². The van der Waals surface area contributed by atoms with E-state index in [-0.39, 0.29) is 6.04 Å². The minimum Gasteiger partial charge on any atom is -0.271 e. The molecule has 78 valence electrons. The lowest BCUT2D eigenvalue weighted by atomic mass is 10.1. The molecule has 2 nitrogen and oxygen atoms in total. The maximum Gasteiger partial charge on any atom is 0.0802 e. The fourth-order valence-electron chi connectivity index (χ4n) is 1.60. The molecule has 1 aromatic heterocycles. The lowest BCUT2D eigenvalue weighted by Gasteiger charge is -2.14. The first kappa shape index (κ1) is 10.4. The van der Waals surface area contributed by atoms with Gasteiger partial charge in [-0.05, 0) is 24.6 Å². The van der Waals surface area contributed by atoms with E-state index in [0.717, 1.165) is 0 Å². The van der Waals surface area contributed by atoms with Gasteiger partial charge in [0.2, 0.25) is 0 Å². The van der Waals surface area contributed by atoms with Crippen LogP contribution in [0, 0.1) is 6.92 Å². The van der Waals surface area contributed by atoms with E-state index < -0.39 is 0 Å². The van der Waals surface area contributed by atoms with Crippen molar-refractivity contribution in [1.29, 1.82) is 0 Å². The molecule has 0 radical (unpaired) electrons. The average Bonchev–Trinajstić information content (AvgIpc) is 2.68. The zero-order chi connectivity index (χ0) is 10.7. The van der Waals surface area contributed by atoms with Gasteiger partial charge in [0.25, 0.3) is 0 Å². The highest BCUT2D eigenvalue weighted by Crippen LogP contribution is 2.27. The molecule has 0 aliphatic rings. The molecule has 1 heterocycles. The Balaban J connectivity index is 2.33. The number of hydrogen-bond donors (Lipinski definition) is 2. The maximum absolute atomic E-state index is 5.60. The number of nitrogens with one attached hydrogen (secondary N) is 1. The summed E-state index contributed by atoms with van der Waals surface area (Å²) in [4.78, 5) is 2.56. The quantitative estimate of drug-likeness (QED) is 0.614. The van der Waals surface area contributed by atoms with Crippen molar-refractivity contribution in [3.8, 4) is 0 Å². The van der Waals surface area contributed by atoms with E-state index in [2.05, 4.69) is 36.6 Å². The summed E-state index contributed by atoms with van der Waals surface area (Å²) in [6, 6.07) is 14.6. The van der Waals surface area contributed by atoms with Crippen LogP contribution < -0.4 is 11.3 Å². The second-order valence-electron chi connectivity index (χ2n) is 3.46. The van der Waals surface area contributed by atoms with Crippen LogP contribution in [0.4, 0.5) is 0 Å². The van der Waals surface area contributed by atoms with Gasteiger partial charge in [-0.1, -0.05) is 30.3 Å². The van der Waals surface area contributed by atoms with Crippen LogP contribution in [0.1, 0.15) is 21.4 Å². The van der Waals surface area contributed by atoms with Gasteiger partial charge in [-0.2, -0.15) is 0 Å². The molecule has 0 amide bonds. The Kier molecular flexibility index (Phi) is 3.16. The summed E-state index contributed by atoms with van der Waals surface area (Å²) >= 11 is 1.77. The summed E-state index contributed by atoms with van der Waals surface area (Å²) in [7, 11) is 0. The van der Waals surface area contributed by atoms with Crippen molar-refractivity contribution in [1.82, 2.24) is 5.43 Å². The minimum atomic E-state index is 0.102. The molecule has 15 heavy (non-hydrogen) atoms. The molecule has 0 spiro atoms. The maximum atomic E-state index is 5.60. The molecule has 2 rings (SSSR count). The third-order valence-electron chi connectivity index (χ3n) is 2.35. The zero-order valence-electron chi connectivity index (χ0n) is 8.60. The molecule has 0 saturated carbocycles. The van der Waals surface area contributed by atoms with E-state index in [9.17, 15) is 0 Å². The molecular weight excluding hydrogens is 204 g/mol. The topological polar surface area (TPSA) is 38.0 Å². The van der Waals surface area contributed by atoms with Gasteiger partial charge in [-0.25, -0.2) is 5.43 Å². The van der Waals surface area contributed by atoms with Gasteiger partial charge in [0.15, 0.2) is 0 Å². The monoisotopic (exact) mass is 218 g/mol. The summed E-state index contributed by atoms with van der Waals surface area (Å²) in [6.45, 7) is 2.10. The van der Waals surface area contributed by atoms with Gasteiger partial charge >= 0.3 is 0 Å². The van der Waals surface area contributed by atoms with Crippen molar-refractivity contribution in [3.63, 3.8) is 0 Å². The molecule has 0 saturated heterocycles. The van der Waals surface area contributed by atoms with Crippen LogP contribution in [0.5, 0.6) is 0 Å². The third kappa shape index (κ3) is 2.26. The van der Waals surface area contributed by atoms with Crippen molar-refractivity contribution < 1.29 is 0 Å². The van der Waals surface area contributed by atoms with Crippen LogP contribution in [0.25, 0.3) is 0 Å². The first-order chi connectivity index (χ1) is 7.31. The molecule has 0 fully saturated rings. The van der Waals surface area contributed by atoms with E-state index in [1.165, 1.54) is 15.3 Å². The van der Waals surface area contributed by atoms with E-state index in [0.29, 0.717) is 0 Å². The number of hydrazine groups is 1. The largest absolute Gasteiger partial charge is 0.271 e. The van der Waals surface area contributed by atoms with Gasteiger partial charge in [0.1, 0.15) is 0 Å². The number of rotatable bonds is 3. The van der Waals surface area contributed by atoms with Crippen LogP contribution in [0.2, 0.25) is 0 Å². The van der Waals surface area contributed by atoms with Crippen LogP contribution in [-0.4, -0.2) is 0 Å². The van der Waals surface area contributed by atoms with E-state index in [1.807, 2.05) is 18.2 Å². The summed E-state index contributed by atoms with van der Waals surface area (Å²) in [5.41, 5.74) is 4.05. The molecule has 3 N–H and O–H groups in total. The molecule has 0 aliphatic heterocycles. The van der Waals surface area contributed by atoms with E-state index in [4.69, 9.17) is 5.84 Å². The molecule has 1 unspecified atom stereocenters.